The van der Waals surface area contributed by atoms with Crippen molar-refractivity contribution < 1.29 is 13.7 Å². The molecule has 0 saturated heterocycles. The molecule has 0 radical (unpaired) electrons. The first-order valence-electron chi connectivity index (χ1n) is 3.96. The van der Waals surface area contributed by atoms with E-state index in [9.17, 15) is 19.3 Å². The molecule has 2 rings (SSSR count). The number of hydrogen-bond acceptors (Lipinski definition) is 4. The lowest BCUT2D eigenvalue weighted by molar-refractivity contribution is -0.387. The molecule has 1 aromatic carbocycles. The minimum Gasteiger partial charge on any atom is -0.415 e. The van der Waals surface area contributed by atoms with Crippen molar-refractivity contribution in [1.82, 2.24) is 0 Å². The third-order valence-electron chi connectivity index (χ3n) is 1.89. The zero-order chi connectivity index (χ0) is 11.0. The highest BCUT2D eigenvalue weighted by atomic mass is 19.1. The molecule has 6 heteroatoms. The topological polar surface area (TPSA) is 73.3 Å². The Morgan fingerprint density at radius 3 is 2.80 bits per heavy atom. The Morgan fingerprint density at radius 2 is 2.13 bits per heavy atom. The van der Waals surface area contributed by atoms with Gasteiger partial charge in [0.1, 0.15) is 0 Å². The van der Waals surface area contributed by atoms with Gasteiger partial charge in [0.2, 0.25) is 0 Å². The molecular formula is C9H4FNO4. The summed E-state index contributed by atoms with van der Waals surface area (Å²) in [7, 11) is 0. The van der Waals surface area contributed by atoms with Gasteiger partial charge in [0, 0.05) is 11.5 Å². The lowest BCUT2D eigenvalue weighted by atomic mass is 10.2. The highest BCUT2D eigenvalue weighted by molar-refractivity contribution is 5.78. The van der Waals surface area contributed by atoms with Gasteiger partial charge in [0.15, 0.2) is 11.4 Å². The fourth-order valence-electron chi connectivity index (χ4n) is 1.23. The predicted molar refractivity (Wildman–Crippen MR) is 49.1 cm³/mol. The van der Waals surface area contributed by atoms with Crippen LogP contribution in [0.3, 0.4) is 0 Å². The van der Waals surface area contributed by atoms with Crippen molar-refractivity contribution in [1.29, 1.82) is 0 Å². The van der Waals surface area contributed by atoms with E-state index in [4.69, 9.17) is 0 Å². The average molecular weight is 209 g/mol. The summed E-state index contributed by atoms with van der Waals surface area (Å²) in [6.07, 6.45) is 0. The van der Waals surface area contributed by atoms with Gasteiger partial charge < -0.3 is 4.42 Å². The van der Waals surface area contributed by atoms with Crippen LogP contribution in [0.4, 0.5) is 10.1 Å². The molecule has 1 aromatic heterocycles. The summed E-state index contributed by atoms with van der Waals surface area (Å²) in [5.74, 6) is -0.723. The van der Waals surface area contributed by atoms with Crippen LogP contribution < -0.4 is 5.63 Å². The zero-order valence-electron chi connectivity index (χ0n) is 7.27. The fourth-order valence-corrected chi connectivity index (χ4v) is 1.23. The van der Waals surface area contributed by atoms with E-state index in [1.807, 2.05) is 0 Å². The Bertz CT molecular complexity index is 605. The third kappa shape index (κ3) is 1.45. The molecule has 0 unspecified atom stereocenters. The van der Waals surface area contributed by atoms with E-state index in [0.29, 0.717) is 0 Å². The van der Waals surface area contributed by atoms with Gasteiger partial charge in [-0.2, -0.15) is 0 Å². The van der Waals surface area contributed by atoms with E-state index in [1.54, 1.807) is 0 Å². The van der Waals surface area contributed by atoms with Gasteiger partial charge in [-0.3, -0.25) is 10.1 Å². The SMILES string of the molecule is O=c1oc2c(F)cccc2cc1[N+](=O)[O-]. The molecular weight excluding hydrogens is 205 g/mol. The maximum absolute atomic E-state index is 13.1. The zero-order valence-corrected chi connectivity index (χ0v) is 7.27. The first-order chi connectivity index (χ1) is 7.09. The molecule has 15 heavy (non-hydrogen) atoms. The largest absolute Gasteiger partial charge is 0.415 e. The van der Waals surface area contributed by atoms with Gasteiger partial charge in [-0.1, -0.05) is 12.1 Å². The van der Waals surface area contributed by atoms with Crippen molar-refractivity contribution in [3.63, 3.8) is 0 Å². The lowest BCUT2D eigenvalue weighted by Gasteiger charge is -1.96. The number of rotatable bonds is 1. The van der Waals surface area contributed by atoms with E-state index < -0.39 is 22.1 Å². The standard InChI is InChI=1S/C9H4FNO4/c10-6-3-1-2-5-4-7(11(13)14)9(12)15-8(5)6/h1-4H. The summed E-state index contributed by atoms with van der Waals surface area (Å²) in [5.41, 5.74) is -2.13. The minimum absolute atomic E-state index is 0.182. The summed E-state index contributed by atoms with van der Waals surface area (Å²) < 4.78 is 17.6. The van der Waals surface area contributed by atoms with Crippen LogP contribution in [0.15, 0.2) is 33.5 Å². The van der Waals surface area contributed by atoms with E-state index in [2.05, 4.69) is 4.42 Å². The number of nitrogens with zero attached hydrogens (tertiary/aromatic N) is 1. The van der Waals surface area contributed by atoms with Gasteiger partial charge in [-0.25, -0.2) is 9.18 Å². The van der Waals surface area contributed by atoms with Crippen molar-refractivity contribution in [2.75, 3.05) is 0 Å². The smallest absolute Gasteiger partial charge is 0.415 e. The number of halogens is 1. The number of fused-ring (bicyclic) bond motifs is 1. The van der Waals surface area contributed by atoms with Crippen LogP contribution in [-0.2, 0) is 0 Å². The molecule has 0 atom stereocenters. The summed E-state index contributed by atoms with van der Waals surface area (Å²) in [6.45, 7) is 0. The Kier molecular flexibility index (Phi) is 1.96. The molecule has 0 saturated carbocycles. The molecule has 76 valence electrons. The molecule has 0 aliphatic heterocycles. The van der Waals surface area contributed by atoms with Crippen LogP contribution in [0.1, 0.15) is 0 Å². The van der Waals surface area contributed by atoms with Gasteiger partial charge in [0.25, 0.3) is 0 Å². The van der Waals surface area contributed by atoms with E-state index in [0.717, 1.165) is 12.1 Å². The molecule has 0 N–H and O–H groups in total. The number of benzene rings is 1. The first-order valence-corrected chi connectivity index (χ1v) is 3.96. The van der Waals surface area contributed by atoms with Crippen LogP contribution in [0.2, 0.25) is 0 Å². The molecule has 0 spiro atoms. The molecule has 5 nitrogen and oxygen atoms in total. The van der Waals surface area contributed by atoms with E-state index >= 15 is 0 Å². The van der Waals surface area contributed by atoms with Crippen LogP contribution >= 0.6 is 0 Å². The maximum Gasteiger partial charge on any atom is 0.415 e. The summed E-state index contributed by atoms with van der Waals surface area (Å²) in [6, 6.07) is 4.90. The number of nitro groups is 1. The second kappa shape index (κ2) is 3.16. The van der Waals surface area contributed by atoms with Crippen LogP contribution in [0.5, 0.6) is 0 Å². The minimum atomic E-state index is -1.16. The summed E-state index contributed by atoms with van der Waals surface area (Å²) >= 11 is 0. The Hall–Kier alpha value is -2.24. The molecule has 0 amide bonds. The lowest BCUT2D eigenvalue weighted by Crippen LogP contribution is -2.06. The second-order valence-corrected chi connectivity index (χ2v) is 2.83. The van der Waals surface area contributed by atoms with Crippen LogP contribution in [-0.4, -0.2) is 4.92 Å². The Balaban J connectivity index is 2.88. The van der Waals surface area contributed by atoms with Crippen molar-refractivity contribution >= 4 is 16.7 Å². The van der Waals surface area contributed by atoms with Crippen molar-refractivity contribution in [3.8, 4) is 0 Å². The Labute approximate surface area is 81.9 Å². The Morgan fingerprint density at radius 1 is 1.40 bits per heavy atom. The van der Waals surface area contributed by atoms with Crippen molar-refractivity contribution in [2.24, 2.45) is 0 Å². The summed E-state index contributed by atoms with van der Waals surface area (Å²) in [4.78, 5) is 20.6. The predicted octanol–water partition coefficient (Wildman–Crippen LogP) is 1.84. The maximum atomic E-state index is 13.1. The number of para-hydroxylation sites is 1. The van der Waals surface area contributed by atoms with E-state index in [1.165, 1.54) is 12.1 Å². The van der Waals surface area contributed by atoms with Crippen LogP contribution in [0, 0.1) is 15.9 Å². The molecule has 0 aliphatic carbocycles. The van der Waals surface area contributed by atoms with Gasteiger partial charge in [0.05, 0.1) is 4.92 Å². The molecule has 2 aromatic rings. The normalized spacial score (nSPS) is 10.5. The highest BCUT2D eigenvalue weighted by Crippen LogP contribution is 2.19. The highest BCUT2D eigenvalue weighted by Gasteiger charge is 2.16. The third-order valence-corrected chi connectivity index (χ3v) is 1.89. The molecule has 0 bridgehead atoms. The van der Waals surface area contributed by atoms with Crippen molar-refractivity contribution in [2.45, 2.75) is 0 Å². The average Bonchev–Trinajstić information content (AvgIpc) is 2.18. The summed E-state index contributed by atoms with van der Waals surface area (Å²) in [5, 5.41) is 10.6. The van der Waals surface area contributed by atoms with Crippen molar-refractivity contribution in [3.05, 3.63) is 50.6 Å². The van der Waals surface area contributed by atoms with Gasteiger partial charge >= 0.3 is 11.3 Å². The van der Waals surface area contributed by atoms with Gasteiger partial charge in [-0.15, -0.1) is 0 Å². The monoisotopic (exact) mass is 209 g/mol. The van der Waals surface area contributed by atoms with Crippen LogP contribution in [0.25, 0.3) is 11.0 Å². The molecule has 0 fully saturated rings. The quantitative estimate of drug-likeness (QED) is 0.408. The molecule has 1 heterocycles. The fraction of sp³-hybridized carbons (Fsp3) is 0. The second-order valence-electron chi connectivity index (χ2n) is 2.83. The van der Waals surface area contributed by atoms with Gasteiger partial charge in [-0.05, 0) is 6.07 Å². The molecule has 0 aliphatic rings. The first kappa shape index (κ1) is 9.32. The number of hydrogen-bond donors (Lipinski definition) is 0. The van der Waals surface area contributed by atoms with E-state index in [-0.39, 0.29) is 11.0 Å².